The van der Waals surface area contributed by atoms with E-state index in [0.717, 1.165) is 25.8 Å². The number of hydrogen-bond donors (Lipinski definition) is 2. The monoisotopic (exact) mass is 556 g/mol. The highest BCUT2D eigenvalue weighted by atomic mass is 127. The summed E-state index contributed by atoms with van der Waals surface area (Å²) in [6.07, 6.45) is 1.24. The van der Waals surface area contributed by atoms with Crippen molar-refractivity contribution < 1.29 is 28.9 Å². The lowest BCUT2D eigenvalue weighted by molar-refractivity contribution is -0.145. The van der Waals surface area contributed by atoms with Gasteiger partial charge in [0.05, 0.1) is 35.9 Å². The van der Waals surface area contributed by atoms with Gasteiger partial charge >= 0.3 is 5.97 Å². The fraction of sp³-hybridized carbons (Fsp3) is 0.400. The molecule has 0 bridgehead atoms. The minimum atomic E-state index is -1.01. The highest BCUT2D eigenvalue weighted by Gasteiger charge is 2.20. The molecule has 0 saturated heterocycles. The molecule has 0 heterocycles. The molecule has 2 unspecified atom stereocenters. The van der Waals surface area contributed by atoms with Gasteiger partial charge in [-0.1, -0.05) is 38.1 Å². The number of halogens is 2. The molecule has 174 valence electrons. The van der Waals surface area contributed by atoms with E-state index in [9.17, 15) is 19.4 Å². The summed E-state index contributed by atoms with van der Waals surface area (Å²) >= 11 is 2.22. The average Bonchev–Trinajstić information content (AvgIpc) is 2.72. The van der Waals surface area contributed by atoms with Gasteiger partial charge in [0.15, 0.2) is 0 Å². The number of benzene rings is 2. The van der Waals surface area contributed by atoms with E-state index >= 15 is 0 Å². The summed E-state index contributed by atoms with van der Waals surface area (Å²) in [5.74, 6) is 0.0164. The Hall–Kier alpha value is -1.97. The number of rotatable bonds is 10. The maximum absolute atomic E-state index is 13.5. The van der Waals surface area contributed by atoms with Crippen molar-refractivity contribution in [2.24, 2.45) is 0 Å². The number of esters is 1. The zero-order valence-corrected chi connectivity index (χ0v) is 20.9. The summed E-state index contributed by atoms with van der Waals surface area (Å²) in [5, 5.41) is 20.5. The fourth-order valence-corrected chi connectivity index (χ4v) is 4.31. The number of aliphatic hydroxyl groups excluding tert-OH is 2. The van der Waals surface area contributed by atoms with E-state index in [1.54, 1.807) is 38.3 Å². The third kappa shape index (κ3) is 7.02. The van der Waals surface area contributed by atoms with Gasteiger partial charge in [-0.05, 0) is 70.3 Å². The summed E-state index contributed by atoms with van der Waals surface area (Å²) in [4.78, 5) is 11.5. The van der Waals surface area contributed by atoms with E-state index in [1.165, 1.54) is 12.1 Å². The molecular weight excluding hydrogens is 526 g/mol. The first-order valence-electron chi connectivity index (χ1n) is 10.5. The normalized spacial score (nSPS) is 13.4. The van der Waals surface area contributed by atoms with Gasteiger partial charge in [-0.25, -0.2) is 4.39 Å². The molecule has 0 saturated carbocycles. The number of carbonyl (C=O) groups is 1. The molecule has 0 fully saturated rings. The first-order chi connectivity index (χ1) is 15.2. The van der Waals surface area contributed by atoms with Crippen LogP contribution in [-0.2, 0) is 9.53 Å². The van der Waals surface area contributed by atoms with Crippen LogP contribution in [0.15, 0.2) is 36.4 Å². The first kappa shape index (κ1) is 26.3. The number of carbonyl (C=O) groups excluding carboxylic acids is 1. The smallest absolute Gasteiger partial charge is 0.308 e. The number of ether oxygens (including phenoxy) is 2. The maximum Gasteiger partial charge on any atom is 0.308 e. The second-order valence-electron chi connectivity index (χ2n) is 7.76. The van der Waals surface area contributed by atoms with Gasteiger partial charge in [0, 0.05) is 12.0 Å². The molecule has 0 radical (unpaired) electrons. The van der Waals surface area contributed by atoms with Crippen molar-refractivity contribution in [3.63, 3.8) is 0 Å². The minimum Gasteiger partial charge on any atom is -0.495 e. The molecule has 5 nitrogen and oxygen atoms in total. The molecule has 32 heavy (non-hydrogen) atoms. The lowest BCUT2D eigenvalue weighted by atomic mass is 9.88. The van der Waals surface area contributed by atoms with Gasteiger partial charge in [0.25, 0.3) is 0 Å². The Morgan fingerprint density at radius 1 is 1.22 bits per heavy atom. The van der Waals surface area contributed by atoms with Crippen LogP contribution in [0.25, 0.3) is 17.2 Å². The summed E-state index contributed by atoms with van der Waals surface area (Å²) in [5.41, 5.74) is 3.49. The second kappa shape index (κ2) is 12.3. The lowest BCUT2D eigenvalue weighted by Gasteiger charge is -2.21. The molecule has 0 aliphatic rings. The van der Waals surface area contributed by atoms with Gasteiger partial charge in [-0.2, -0.15) is 0 Å². The predicted octanol–water partition coefficient (Wildman–Crippen LogP) is 5.31. The molecule has 0 aromatic heterocycles. The summed E-state index contributed by atoms with van der Waals surface area (Å²) in [6, 6.07) is 8.24. The standard InChI is InChI=1S/C25H30FIO5/c1-5-32-23(30)13-19(29)12-18(28)10-11-20-21(15(2)3)14-22(27)25(31-4)24(20)16-6-8-17(26)9-7-16/h6-11,14-15,18-19,28-29H,5,12-13H2,1-4H3. The number of aliphatic hydroxyl groups is 2. The van der Waals surface area contributed by atoms with Gasteiger partial charge in [0.2, 0.25) is 0 Å². The minimum absolute atomic E-state index is 0.000287. The quantitative estimate of drug-likeness (QED) is 0.307. The van der Waals surface area contributed by atoms with E-state index in [2.05, 4.69) is 36.4 Å². The SMILES string of the molecule is CCOC(=O)CC(O)CC(O)C=Cc1c(C(C)C)cc(I)c(OC)c1-c1ccc(F)cc1. The van der Waals surface area contributed by atoms with E-state index in [-0.39, 0.29) is 31.2 Å². The second-order valence-corrected chi connectivity index (χ2v) is 8.92. The molecule has 2 aromatic carbocycles. The zero-order chi connectivity index (χ0) is 23.8. The van der Waals surface area contributed by atoms with Crippen molar-refractivity contribution in [2.45, 2.75) is 51.7 Å². The Bertz CT molecular complexity index is 940. The van der Waals surface area contributed by atoms with E-state index in [4.69, 9.17) is 9.47 Å². The molecule has 7 heteroatoms. The lowest BCUT2D eigenvalue weighted by Crippen LogP contribution is -2.20. The maximum atomic E-state index is 13.5. The predicted molar refractivity (Wildman–Crippen MR) is 132 cm³/mol. The van der Waals surface area contributed by atoms with Crippen LogP contribution in [0.4, 0.5) is 4.39 Å². The van der Waals surface area contributed by atoms with Crippen LogP contribution >= 0.6 is 22.6 Å². The molecule has 0 amide bonds. The van der Waals surface area contributed by atoms with Gasteiger partial charge in [0.1, 0.15) is 11.6 Å². The summed E-state index contributed by atoms with van der Waals surface area (Å²) in [7, 11) is 1.59. The third-order valence-electron chi connectivity index (χ3n) is 4.97. The first-order valence-corrected chi connectivity index (χ1v) is 11.6. The average molecular weight is 556 g/mol. The molecule has 2 N–H and O–H groups in total. The van der Waals surface area contributed by atoms with Crippen LogP contribution in [0.5, 0.6) is 5.75 Å². The highest BCUT2D eigenvalue weighted by Crippen LogP contribution is 2.42. The van der Waals surface area contributed by atoms with Crippen molar-refractivity contribution in [1.29, 1.82) is 0 Å². The van der Waals surface area contributed by atoms with Crippen molar-refractivity contribution in [2.75, 3.05) is 13.7 Å². The van der Waals surface area contributed by atoms with Crippen LogP contribution in [0.3, 0.4) is 0 Å². The summed E-state index contributed by atoms with van der Waals surface area (Å²) in [6.45, 7) is 6.08. The van der Waals surface area contributed by atoms with Crippen LogP contribution in [-0.4, -0.2) is 42.1 Å². The van der Waals surface area contributed by atoms with E-state index < -0.39 is 18.2 Å². The topological polar surface area (TPSA) is 76.0 Å². The third-order valence-corrected chi connectivity index (χ3v) is 5.77. The molecule has 2 rings (SSSR count). The van der Waals surface area contributed by atoms with Crippen molar-refractivity contribution >= 4 is 34.6 Å². The van der Waals surface area contributed by atoms with Crippen molar-refractivity contribution in [3.05, 3.63) is 56.9 Å². The number of hydrogen-bond acceptors (Lipinski definition) is 5. The Morgan fingerprint density at radius 3 is 2.44 bits per heavy atom. The molecule has 2 atom stereocenters. The van der Waals surface area contributed by atoms with Crippen molar-refractivity contribution in [3.8, 4) is 16.9 Å². The zero-order valence-electron chi connectivity index (χ0n) is 18.8. The van der Waals surface area contributed by atoms with Gasteiger partial charge < -0.3 is 19.7 Å². The highest BCUT2D eigenvalue weighted by molar-refractivity contribution is 14.1. The molecule has 2 aromatic rings. The Labute approximate surface area is 202 Å². The van der Waals surface area contributed by atoms with Gasteiger partial charge in [-0.3, -0.25) is 4.79 Å². The largest absolute Gasteiger partial charge is 0.495 e. The Kier molecular flexibility index (Phi) is 10.1. The van der Waals surface area contributed by atoms with E-state index in [1.807, 2.05) is 6.07 Å². The Morgan fingerprint density at radius 2 is 1.88 bits per heavy atom. The van der Waals surface area contributed by atoms with Gasteiger partial charge in [-0.15, -0.1) is 0 Å². The molecular formula is C25H30FIO5. The number of methoxy groups -OCH3 is 1. The van der Waals surface area contributed by atoms with Crippen LogP contribution < -0.4 is 4.74 Å². The van der Waals surface area contributed by atoms with E-state index in [0.29, 0.717) is 5.75 Å². The van der Waals surface area contributed by atoms with Crippen LogP contribution in [0.2, 0.25) is 0 Å². The van der Waals surface area contributed by atoms with Crippen LogP contribution in [0.1, 0.15) is 50.7 Å². The van der Waals surface area contributed by atoms with Crippen LogP contribution in [0, 0.1) is 9.39 Å². The summed E-state index contributed by atoms with van der Waals surface area (Å²) < 4.78 is 25.0. The molecule has 0 aliphatic carbocycles. The fourth-order valence-electron chi connectivity index (χ4n) is 3.49. The Balaban J connectivity index is 2.44. The molecule has 0 spiro atoms. The molecule has 0 aliphatic heterocycles. The van der Waals surface area contributed by atoms with Crippen molar-refractivity contribution in [1.82, 2.24) is 0 Å².